The highest BCUT2D eigenvalue weighted by atomic mass is 16.7. The van der Waals surface area contributed by atoms with Crippen LogP contribution in [0.5, 0.6) is 0 Å². The Hall–Kier alpha value is -0.0800. The molecule has 0 spiro atoms. The first-order valence-corrected chi connectivity index (χ1v) is 9.77. The van der Waals surface area contributed by atoms with Crippen molar-refractivity contribution in [2.45, 2.75) is 72.5 Å². The lowest BCUT2D eigenvalue weighted by molar-refractivity contribution is -0.227. The lowest BCUT2D eigenvalue weighted by Gasteiger charge is -2.44. The predicted molar refractivity (Wildman–Crippen MR) is 90.5 cm³/mol. The molecule has 0 radical (unpaired) electrons. The van der Waals surface area contributed by atoms with Crippen molar-refractivity contribution in [3.8, 4) is 0 Å². The maximum Gasteiger partial charge on any atom is 0.160 e. The third-order valence-corrected chi connectivity index (χ3v) is 7.10. The maximum absolute atomic E-state index is 5.94. The SMILES string of the molecule is CC1COC(C2CCC(C3CC(C)C(C)C(C)C3)CC2)OC1. The molecule has 3 rings (SSSR count). The highest BCUT2D eigenvalue weighted by molar-refractivity contribution is 4.86. The van der Waals surface area contributed by atoms with Crippen LogP contribution in [-0.2, 0) is 9.47 Å². The quantitative estimate of drug-likeness (QED) is 0.705. The third-order valence-electron chi connectivity index (χ3n) is 7.10. The van der Waals surface area contributed by atoms with E-state index in [0.29, 0.717) is 11.8 Å². The van der Waals surface area contributed by atoms with Crippen LogP contribution in [0.4, 0.5) is 0 Å². The Kier molecular flexibility index (Phi) is 5.50. The van der Waals surface area contributed by atoms with Gasteiger partial charge in [-0.2, -0.15) is 0 Å². The van der Waals surface area contributed by atoms with Crippen LogP contribution < -0.4 is 0 Å². The van der Waals surface area contributed by atoms with Gasteiger partial charge in [0.15, 0.2) is 6.29 Å². The van der Waals surface area contributed by atoms with Gasteiger partial charge in [-0.05, 0) is 68.1 Å². The van der Waals surface area contributed by atoms with Crippen molar-refractivity contribution in [1.82, 2.24) is 0 Å². The Morgan fingerprint density at radius 2 is 1.14 bits per heavy atom. The van der Waals surface area contributed by atoms with Crippen molar-refractivity contribution in [2.24, 2.45) is 41.4 Å². The van der Waals surface area contributed by atoms with Crippen molar-refractivity contribution < 1.29 is 9.47 Å². The van der Waals surface area contributed by atoms with Gasteiger partial charge in [0, 0.05) is 11.8 Å². The van der Waals surface area contributed by atoms with Gasteiger partial charge in [0.1, 0.15) is 0 Å². The molecule has 0 amide bonds. The lowest BCUT2D eigenvalue weighted by Crippen LogP contribution is -2.39. The van der Waals surface area contributed by atoms with Gasteiger partial charge in [0.2, 0.25) is 0 Å². The summed E-state index contributed by atoms with van der Waals surface area (Å²) in [5.41, 5.74) is 0. The molecule has 0 aromatic carbocycles. The summed E-state index contributed by atoms with van der Waals surface area (Å²) in [5, 5.41) is 0. The summed E-state index contributed by atoms with van der Waals surface area (Å²) in [5.74, 6) is 5.92. The molecule has 3 aliphatic rings. The van der Waals surface area contributed by atoms with E-state index in [1.165, 1.54) is 38.5 Å². The van der Waals surface area contributed by atoms with Gasteiger partial charge in [0.25, 0.3) is 0 Å². The molecule has 0 bridgehead atoms. The van der Waals surface area contributed by atoms with Crippen molar-refractivity contribution in [3.63, 3.8) is 0 Å². The lowest BCUT2D eigenvalue weighted by atomic mass is 9.63. The molecular weight excluding hydrogens is 272 g/mol. The highest BCUT2D eigenvalue weighted by Gasteiger charge is 2.38. The Balaban J connectivity index is 1.47. The molecule has 0 N–H and O–H groups in total. The zero-order chi connectivity index (χ0) is 15.7. The van der Waals surface area contributed by atoms with Gasteiger partial charge in [0.05, 0.1) is 13.2 Å². The van der Waals surface area contributed by atoms with Crippen LogP contribution in [0.25, 0.3) is 0 Å². The topological polar surface area (TPSA) is 18.5 Å². The summed E-state index contributed by atoms with van der Waals surface area (Å²) in [6.45, 7) is 11.4. The Morgan fingerprint density at radius 1 is 0.636 bits per heavy atom. The summed E-state index contributed by atoms with van der Waals surface area (Å²) in [6.07, 6.45) is 8.48. The third kappa shape index (κ3) is 3.70. The van der Waals surface area contributed by atoms with Crippen LogP contribution in [0, 0.1) is 41.4 Å². The molecule has 2 heteroatoms. The van der Waals surface area contributed by atoms with Crippen LogP contribution >= 0.6 is 0 Å². The fourth-order valence-corrected chi connectivity index (χ4v) is 5.20. The Bertz CT molecular complexity index is 328. The number of hydrogen-bond donors (Lipinski definition) is 0. The van der Waals surface area contributed by atoms with Gasteiger partial charge in [-0.25, -0.2) is 0 Å². The normalized spacial score (nSPS) is 50.7. The average molecular weight is 309 g/mol. The summed E-state index contributed by atoms with van der Waals surface area (Å²) in [6, 6.07) is 0. The van der Waals surface area contributed by atoms with Crippen molar-refractivity contribution >= 4 is 0 Å². The molecule has 1 saturated heterocycles. The smallest absolute Gasteiger partial charge is 0.160 e. The van der Waals surface area contributed by atoms with E-state index in [4.69, 9.17) is 9.47 Å². The first-order valence-electron chi connectivity index (χ1n) is 9.77. The molecule has 0 aromatic heterocycles. The van der Waals surface area contributed by atoms with Crippen molar-refractivity contribution in [1.29, 1.82) is 0 Å². The van der Waals surface area contributed by atoms with Crippen LogP contribution in [0.2, 0.25) is 0 Å². The van der Waals surface area contributed by atoms with E-state index in [1.54, 1.807) is 0 Å². The molecule has 2 saturated carbocycles. The molecule has 1 heterocycles. The maximum atomic E-state index is 5.94. The van der Waals surface area contributed by atoms with E-state index < -0.39 is 0 Å². The summed E-state index contributed by atoms with van der Waals surface area (Å²) in [7, 11) is 0. The van der Waals surface area contributed by atoms with E-state index in [1.807, 2.05) is 0 Å². The van der Waals surface area contributed by atoms with Gasteiger partial charge in [-0.3, -0.25) is 0 Å². The zero-order valence-electron chi connectivity index (χ0n) is 15.1. The first-order chi connectivity index (χ1) is 10.5. The monoisotopic (exact) mass is 308 g/mol. The number of hydrogen-bond acceptors (Lipinski definition) is 2. The Labute approximate surface area is 137 Å². The summed E-state index contributed by atoms with van der Waals surface area (Å²) < 4.78 is 11.9. The molecule has 1 aliphatic heterocycles. The second kappa shape index (κ2) is 7.21. The highest BCUT2D eigenvalue weighted by Crippen LogP contribution is 2.46. The second-order valence-electron chi connectivity index (χ2n) is 8.86. The summed E-state index contributed by atoms with van der Waals surface area (Å²) >= 11 is 0. The van der Waals surface area contributed by atoms with Gasteiger partial charge in [-0.15, -0.1) is 0 Å². The van der Waals surface area contributed by atoms with E-state index >= 15 is 0 Å². The molecule has 0 aromatic rings. The minimum Gasteiger partial charge on any atom is -0.352 e. The van der Waals surface area contributed by atoms with Crippen LogP contribution in [0.15, 0.2) is 0 Å². The molecule has 128 valence electrons. The first kappa shape index (κ1) is 16.8. The standard InChI is InChI=1S/C20H36O2/c1-13-11-21-20(22-12-13)18-7-5-17(6-8-18)19-9-14(2)16(4)15(3)10-19/h13-20H,5-12H2,1-4H3. The molecule has 22 heavy (non-hydrogen) atoms. The molecule has 2 unspecified atom stereocenters. The fraction of sp³-hybridized carbons (Fsp3) is 1.00. The second-order valence-corrected chi connectivity index (χ2v) is 8.86. The Morgan fingerprint density at radius 3 is 1.68 bits per heavy atom. The molecular formula is C20H36O2. The van der Waals surface area contributed by atoms with Crippen LogP contribution in [0.1, 0.15) is 66.2 Å². The minimum atomic E-state index is 0.0985. The zero-order valence-corrected chi connectivity index (χ0v) is 15.1. The van der Waals surface area contributed by atoms with Crippen LogP contribution in [-0.4, -0.2) is 19.5 Å². The minimum absolute atomic E-state index is 0.0985. The molecule has 2 nitrogen and oxygen atoms in total. The predicted octanol–water partition coefficient (Wildman–Crippen LogP) is 5.12. The van der Waals surface area contributed by atoms with Gasteiger partial charge in [-0.1, -0.05) is 27.7 Å². The number of rotatable bonds is 2. The molecule has 2 atom stereocenters. The summed E-state index contributed by atoms with van der Waals surface area (Å²) in [4.78, 5) is 0. The largest absolute Gasteiger partial charge is 0.352 e. The van der Waals surface area contributed by atoms with Crippen molar-refractivity contribution in [2.75, 3.05) is 13.2 Å². The number of ether oxygens (including phenoxy) is 2. The average Bonchev–Trinajstić information content (AvgIpc) is 2.53. The van der Waals surface area contributed by atoms with Gasteiger partial charge < -0.3 is 9.47 Å². The van der Waals surface area contributed by atoms with Gasteiger partial charge >= 0.3 is 0 Å². The fourth-order valence-electron chi connectivity index (χ4n) is 5.20. The van der Waals surface area contributed by atoms with E-state index in [9.17, 15) is 0 Å². The van der Waals surface area contributed by atoms with E-state index in [0.717, 1.165) is 42.8 Å². The molecule has 2 aliphatic carbocycles. The van der Waals surface area contributed by atoms with E-state index in [-0.39, 0.29) is 6.29 Å². The van der Waals surface area contributed by atoms with E-state index in [2.05, 4.69) is 27.7 Å². The molecule has 3 fully saturated rings. The van der Waals surface area contributed by atoms with Crippen molar-refractivity contribution in [3.05, 3.63) is 0 Å². The van der Waals surface area contributed by atoms with Crippen LogP contribution in [0.3, 0.4) is 0 Å².